The van der Waals surface area contributed by atoms with Crippen molar-refractivity contribution >= 4 is 23.2 Å². The molecule has 0 aliphatic carbocycles. The van der Waals surface area contributed by atoms with Gasteiger partial charge in [0, 0.05) is 12.0 Å². The van der Waals surface area contributed by atoms with Crippen LogP contribution in [0.1, 0.15) is 27.0 Å². The molecule has 1 N–H and O–H groups in total. The molecule has 0 unspecified atom stereocenters. The van der Waals surface area contributed by atoms with Gasteiger partial charge in [-0.25, -0.2) is 4.79 Å². The fourth-order valence-electron chi connectivity index (χ4n) is 3.52. The number of benzene rings is 3. The van der Waals surface area contributed by atoms with Crippen LogP contribution in [-0.4, -0.2) is 25.0 Å². The van der Waals surface area contributed by atoms with Crippen LogP contribution in [0.2, 0.25) is 0 Å². The summed E-state index contributed by atoms with van der Waals surface area (Å²) in [5.74, 6) is 0.514. The van der Waals surface area contributed by atoms with Crippen molar-refractivity contribution < 1.29 is 23.8 Å². The van der Waals surface area contributed by atoms with E-state index >= 15 is 0 Å². The van der Waals surface area contributed by atoms with E-state index in [1.54, 1.807) is 35.6 Å². The monoisotopic (exact) mass is 501 g/mol. The van der Waals surface area contributed by atoms with Crippen molar-refractivity contribution in [3.63, 3.8) is 0 Å². The van der Waals surface area contributed by atoms with Crippen molar-refractivity contribution in [2.24, 2.45) is 0 Å². The third kappa shape index (κ3) is 7.20. The van der Waals surface area contributed by atoms with E-state index in [2.05, 4.69) is 5.32 Å². The van der Waals surface area contributed by atoms with E-state index < -0.39 is 12.0 Å². The Balaban J connectivity index is 1.33. The standard InChI is InChI=1S/C29H27NO5S/c1-33-29(32)27(17-21-7-11-25(12-8-21)34-18-22-5-3-2-4-6-22)30-28(31)24-9-13-26(14-10-24)35-19-23-15-16-36-20-23/h2-16,20,27H,17-19H2,1H3,(H,30,31)/t27-/m0/s1. The van der Waals surface area contributed by atoms with E-state index in [1.807, 2.05) is 71.4 Å². The lowest BCUT2D eigenvalue weighted by Gasteiger charge is -2.17. The van der Waals surface area contributed by atoms with Crippen LogP contribution in [0.5, 0.6) is 11.5 Å². The van der Waals surface area contributed by atoms with Crippen molar-refractivity contribution in [3.8, 4) is 11.5 Å². The molecule has 0 saturated heterocycles. The second kappa shape index (κ2) is 12.6. The highest BCUT2D eigenvalue weighted by Crippen LogP contribution is 2.18. The van der Waals surface area contributed by atoms with Crippen LogP contribution in [0.15, 0.2) is 95.7 Å². The minimum Gasteiger partial charge on any atom is -0.489 e. The first-order chi connectivity index (χ1) is 17.6. The molecule has 0 spiro atoms. The Hall–Kier alpha value is -4.10. The van der Waals surface area contributed by atoms with Gasteiger partial charge in [0.25, 0.3) is 5.91 Å². The smallest absolute Gasteiger partial charge is 0.328 e. The Morgan fingerprint density at radius 3 is 2.03 bits per heavy atom. The lowest BCUT2D eigenvalue weighted by molar-refractivity contribution is -0.142. The van der Waals surface area contributed by atoms with Crippen molar-refractivity contribution in [1.29, 1.82) is 0 Å². The average molecular weight is 502 g/mol. The van der Waals surface area contributed by atoms with Crippen LogP contribution in [-0.2, 0) is 29.2 Å². The molecule has 0 aliphatic heterocycles. The summed E-state index contributed by atoms with van der Waals surface area (Å²) in [4.78, 5) is 25.2. The first-order valence-electron chi connectivity index (χ1n) is 11.5. The van der Waals surface area contributed by atoms with Crippen LogP contribution in [0.25, 0.3) is 0 Å². The first kappa shape index (κ1) is 25.0. The molecule has 0 fully saturated rings. The van der Waals surface area contributed by atoms with E-state index in [9.17, 15) is 9.59 Å². The van der Waals surface area contributed by atoms with Gasteiger partial charge in [0.15, 0.2) is 0 Å². The molecular weight excluding hydrogens is 474 g/mol. The second-order valence-corrected chi connectivity index (χ2v) is 8.90. The third-order valence-corrected chi connectivity index (χ3v) is 6.24. The van der Waals surface area contributed by atoms with Crippen molar-refractivity contribution in [2.75, 3.05) is 7.11 Å². The van der Waals surface area contributed by atoms with Gasteiger partial charge in [-0.3, -0.25) is 4.79 Å². The normalized spacial score (nSPS) is 11.4. The van der Waals surface area contributed by atoms with Gasteiger partial charge in [-0.05, 0) is 69.9 Å². The number of rotatable bonds is 11. The molecule has 0 radical (unpaired) electrons. The molecule has 1 amide bonds. The number of hydrogen-bond acceptors (Lipinski definition) is 6. The summed E-state index contributed by atoms with van der Waals surface area (Å²) >= 11 is 1.62. The lowest BCUT2D eigenvalue weighted by atomic mass is 10.0. The number of ether oxygens (including phenoxy) is 3. The summed E-state index contributed by atoms with van der Waals surface area (Å²) in [5, 5.41) is 6.81. The fraction of sp³-hybridized carbons (Fsp3) is 0.172. The first-order valence-corrected chi connectivity index (χ1v) is 12.4. The zero-order valence-corrected chi connectivity index (χ0v) is 20.7. The molecule has 7 heteroatoms. The van der Waals surface area contributed by atoms with E-state index in [0.717, 1.165) is 22.4 Å². The third-order valence-electron chi connectivity index (χ3n) is 5.50. The molecule has 0 bridgehead atoms. The number of methoxy groups -OCH3 is 1. The molecule has 1 heterocycles. The molecule has 1 atom stereocenters. The zero-order chi connectivity index (χ0) is 25.2. The second-order valence-electron chi connectivity index (χ2n) is 8.12. The largest absolute Gasteiger partial charge is 0.489 e. The Labute approximate surface area is 214 Å². The average Bonchev–Trinajstić information content (AvgIpc) is 3.45. The van der Waals surface area contributed by atoms with Gasteiger partial charge >= 0.3 is 5.97 Å². The maximum Gasteiger partial charge on any atom is 0.328 e. The number of esters is 1. The van der Waals surface area contributed by atoms with E-state index in [1.165, 1.54) is 7.11 Å². The Morgan fingerprint density at radius 2 is 1.42 bits per heavy atom. The number of hydrogen-bond donors (Lipinski definition) is 1. The maximum atomic E-state index is 12.8. The van der Waals surface area contributed by atoms with Crippen molar-refractivity contribution in [3.05, 3.63) is 118 Å². The van der Waals surface area contributed by atoms with Gasteiger partial charge in [-0.1, -0.05) is 42.5 Å². The Bertz CT molecular complexity index is 1240. The Kier molecular flexibility index (Phi) is 8.72. The molecule has 3 aromatic carbocycles. The van der Waals surface area contributed by atoms with Crippen LogP contribution in [0, 0.1) is 0 Å². The molecule has 1 aromatic heterocycles. The predicted octanol–water partition coefficient (Wildman–Crippen LogP) is 5.42. The molecule has 36 heavy (non-hydrogen) atoms. The van der Waals surface area contributed by atoms with Crippen LogP contribution >= 0.6 is 11.3 Å². The summed E-state index contributed by atoms with van der Waals surface area (Å²) < 4.78 is 16.5. The summed E-state index contributed by atoms with van der Waals surface area (Å²) in [6.07, 6.45) is 0.291. The van der Waals surface area contributed by atoms with Gasteiger partial charge in [-0.15, -0.1) is 0 Å². The quantitative estimate of drug-likeness (QED) is 0.278. The summed E-state index contributed by atoms with van der Waals surface area (Å²) in [6.45, 7) is 0.939. The Morgan fingerprint density at radius 1 is 0.778 bits per heavy atom. The van der Waals surface area contributed by atoms with E-state index in [-0.39, 0.29) is 5.91 Å². The summed E-state index contributed by atoms with van der Waals surface area (Å²) in [7, 11) is 1.31. The molecule has 4 aromatic rings. The minimum atomic E-state index is -0.826. The highest BCUT2D eigenvalue weighted by molar-refractivity contribution is 7.07. The predicted molar refractivity (Wildman–Crippen MR) is 139 cm³/mol. The highest BCUT2D eigenvalue weighted by Gasteiger charge is 2.22. The van der Waals surface area contributed by atoms with E-state index in [0.29, 0.717) is 30.9 Å². The highest BCUT2D eigenvalue weighted by atomic mass is 32.1. The number of nitrogens with one attached hydrogen (secondary N) is 1. The molecule has 6 nitrogen and oxygen atoms in total. The van der Waals surface area contributed by atoms with Crippen LogP contribution in [0.4, 0.5) is 0 Å². The van der Waals surface area contributed by atoms with Gasteiger partial charge < -0.3 is 19.5 Å². The summed E-state index contributed by atoms with van der Waals surface area (Å²) in [5.41, 5.74) is 3.47. The molecule has 4 rings (SSSR count). The molecule has 0 aliphatic rings. The zero-order valence-electron chi connectivity index (χ0n) is 19.9. The molecular formula is C29H27NO5S. The maximum absolute atomic E-state index is 12.8. The summed E-state index contributed by atoms with van der Waals surface area (Å²) in [6, 6.07) is 25.4. The van der Waals surface area contributed by atoms with Crippen LogP contribution in [0.3, 0.4) is 0 Å². The van der Waals surface area contributed by atoms with Gasteiger partial charge in [0.1, 0.15) is 30.8 Å². The van der Waals surface area contributed by atoms with Gasteiger partial charge in [0.05, 0.1) is 7.11 Å². The number of carbonyl (C=O) groups excluding carboxylic acids is 2. The van der Waals surface area contributed by atoms with Gasteiger partial charge in [0.2, 0.25) is 0 Å². The lowest BCUT2D eigenvalue weighted by Crippen LogP contribution is -2.43. The van der Waals surface area contributed by atoms with Gasteiger partial charge in [-0.2, -0.15) is 11.3 Å². The van der Waals surface area contributed by atoms with Crippen molar-refractivity contribution in [2.45, 2.75) is 25.7 Å². The van der Waals surface area contributed by atoms with Crippen molar-refractivity contribution in [1.82, 2.24) is 5.32 Å². The van der Waals surface area contributed by atoms with Crippen LogP contribution < -0.4 is 14.8 Å². The minimum absolute atomic E-state index is 0.291. The molecule has 184 valence electrons. The number of thiophene rings is 1. The number of carbonyl (C=O) groups is 2. The topological polar surface area (TPSA) is 73.9 Å². The fourth-order valence-corrected chi connectivity index (χ4v) is 4.17. The SMILES string of the molecule is COC(=O)[C@H](Cc1ccc(OCc2ccccc2)cc1)NC(=O)c1ccc(OCc2ccsc2)cc1. The van der Waals surface area contributed by atoms with E-state index in [4.69, 9.17) is 14.2 Å². The number of amides is 1. The molecule has 0 saturated carbocycles.